The molecule has 0 spiro atoms. The number of nitrogens with zero attached hydrogens (tertiary/aromatic N) is 1. The summed E-state index contributed by atoms with van der Waals surface area (Å²) in [5.41, 5.74) is 0.979. The van der Waals surface area contributed by atoms with Crippen molar-refractivity contribution >= 4 is 71.3 Å². The average molecular weight is 727 g/mol. The fourth-order valence-electron chi connectivity index (χ4n) is 7.76. The van der Waals surface area contributed by atoms with Gasteiger partial charge in [-0.3, -0.25) is 0 Å². The third-order valence-corrected chi connectivity index (χ3v) is 10.3. The van der Waals surface area contributed by atoms with Gasteiger partial charge < -0.3 is 9.32 Å². The molecule has 2 heteroatoms. The first-order valence-corrected chi connectivity index (χ1v) is 18.1. The minimum Gasteiger partial charge on any atom is -0.455 e. The number of hydrogen-bond donors (Lipinski definition) is 0. The molecule has 0 aliphatic rings. The molecule has 11 rings (SSSR count). The molecule has 0 fully saturated rings. The van der Waals surface area contributed by atoms with Crippen LogP contribution in [0, 0.1) is 0 Å². The van der Waals surface area contributed by atoms with E-state index in [9.17, 15) is 11.0 Å². The lowest BCUT2D eigenvalue weighted by Gasteiger charge is -2.28. The van der Waals surface area contributed by atoms with Gasteiger partial charge in [-0.25, -0.2) is 0 Å². The molecule has 1 heterocycles. The fraction of sp³-hybridized carbons (Fsp3) is 0. The second-order valence-corrected chi connectivity index (χ2v) is 13.4. The Balaban J connectivity index is 1.24. The van der Waals surface area contributed by atoms with Crippen molar-refractivity contribution in [2.75, 3.05) is 4.90 Å². The zero-order chi connectivity index (χ0) is 48.3. The minimum absolute atomic E-state index is 0.0156. The zero-order valence-corrected chi connectivity index (χ0v) is 29.6. The van der Waals surface area contributed by atoms with Crippen LogP contribution in [0.5, 0.6) is 0 Å². The van der Waals surface area contributed by atoms with Gasteiger partial charge in [-0.2, -0.15) is 0 Å². The highest BCUT2D eigenvalue weighted by molar-refractivity contribution is 6.20. The van der Waals surface area contributed by atoms with E-state index in [4.69, 9.17) is 11.3 Å². The molecule has 0 bridgehead atoms. The highest BCUT2D eigenvalue weighted by Gasteiger charge is 2.21. The van der Waals surface area contributed by atoms with Crippen molar-refractivity contribution in [3.8, 4) is 33.4 Å². The Morgan fingerprint density at radius 3 is 1.79 bits per heavy atom. The summed E-state index contributed by atoms with van der Waals surface area (Å²) in [6, 6.07) is 32.8. The van der Waals surface area contributed by atoms with E-state index in [1.165, 1.54) is 4.90 Å². The summed E-state index contributed by atoms with van der Waals surface area (Å²) in [4.78, 5) is 1.22. The van der Waals surface area contributed by atoms with Crippen LogP contribution in [-0.4, -0.2) is 0 Å². The van der Waals surface area contributed by atoms with Crippen molar-refractivity contribution in [2.45, 2.75) is 0 Å². The first kappa shape index (κ1) is 21.5. The first-order valence-electron chi connectivity index (χ1n) is 24.6. The average Bonchev–Trinajstić information content (AvgIpc) is 3.77. The van der Waals surface area contributed by atoms with Gasteiger partial charge in [0.1, 0.15) is 11.2 Å². The first-order chi connectivity index (χ1) is 33.2. The number of para-hydroxylation sites is 1. The fourth-order valence-corrected chi connectivity index (χ4v) is 7.76. The Labute approximate surface area is 343 Å². The van der Waals surface area contributed by atoms with Crippen LogP contribution in [0.3, 0.4) is 0 Å². The molecular weight excluding hydrogens is 679 g/mol. The van der Waals surface area contributed by atoms with Gasteiger partial charge in [-0.05, 0) is 103 Å². The summed E-state index contributed by atoms with van der Waals surface area (Å²) in [7, 11) is 0. The topological polar surface area (TPSA) is 16.4 Å². The number of anilines is 3. The molecule has 0 unspecified atom stereocenters. The van der Waals surface area contributed by atoms with Gasteiger partial charge in [-0.15, -0.1) is 0 Å². The van der Waals surface area contributed by atoms with E-state index >= 15 is 0 Å². The molecule has 11 aromatic rings. The predicted molar refractivity (Wildman–Crippen MR) is 237 cm³/mol. The van der Waals surface area contributed by atoms with Gasteiger partial charge in [0.05, 0.1) is 23.5 Å². The van der Waals surface area contributed by atoms with E-state index in [1.807, 2.05) is 109 Å². The maximum atomic E-state index is 9.87. The van der Waals surface area contributed by atoms with Crippen molar-refractivity contribution < 1.29 is 22.2 Å². The molecule has 0 saturated carbocycles. The largest absolute Gasteiger partial charge is 0.455 e. The molecule has 0 N–H and O–H groups in total. The molecular formula is C54H35NO. The molecule has 0 aliphatic carbocycles. The number of furan rings is 1. The van der Waals surface area contributed by atoms with E-state index in [-0.39, 0.29) is 16.9 Å². The van der Waals surface area contributed by atoms with Crippen LogP contribution in [0.15, 0.2) is 216 Å². The number of rotatable bonds is 6. The predicted octanol–water partition coefficient (Wildman–Crippen LogP) is 15.5. The lowest BCUT2D eigenvalue weighted by atomic mass is 9.93. The van der Waals surface area contributed by atoms with Crippen LogP contribution in [0.1, 0.15) is 17.8 Å². The minimum atomic E-state index is -0.753. The van der Waals surface area contributed by atoms with Crippen molar-refractivity contribution in [1.82, 2.24) is 0 Å². The van der Waals surface area contributed by atoms with Gasteiger partial charge in [0, 0.05) is 33.1 Å². The van der Waals surface area contributed by atoms with Gasteiger partial charge in [0.15, 0.2) is 0 Å². The summed E-state index contributed by atoms with van der Waals surface area (Å²) in [5.74, 6) is 0. The lowest BCUT2D eigenvalue weighted by Crippen LogP contribution is -2.11. The van der Waals surface area contributed by atoms with E-state index < -0.39 is 95.4 Å². The second-order valence-electron chi connectivity index (χ2n) is 13.4. The van der Waals surface area contributed by atoms with Gasteiger partial charge in [0.2, 0.25) is 0 Å². The van der Waals surface area contributed by atoms with Crippen molar-refractivity contribution in [2.24, 2.45) is 0 Å². The molecule has 0 atom stereocenters. The summed E-state index contributed by atoms with van der Waals surface area (Å²) in [6.07, 6.45) is 0. The molecule has 0 radical (unpaired) electrons. The molecule has 0 aliphatic heterocycles. The monoisotopic (exact) mass is 726 g/mol. The molecule has 0 amide bonds. The Bertz CT molecular complexity index is 3950. The van der Waals surface area contributed by atoms with Crippen LogP contribution in [0.2, 0.25) is 0 Å². The van der Waals surface area contributed by atoms with Gasteiger partial charge in [0.25, 0.3) is 0 Å². The molecule has 2 nitrogen and oxygen atoms in total. The van der Waals surface area contributed by atoms with E-state index in [0.29, 0.717) is 38.6 Å². The summed E-state index contributed by atoms with van der Waals surface area (Å²) >= 11 is 0. The van der Waals surface area contributed by atoms with Crippen LogP contribution in [-0.2, 0) is 0 Å². The van der Waals surface area contributed by atoms with Crippen molar-refractivity contribution in [3.05, 3.63) is 212 Å². The standard InChI is InChI=1S/C54H35NO/c1-2-13-36(14-3-1)37-25-30-41(31-26-37)55(42-32-27-39(28-33-42)50-35-40-16-5-6-17-43(40)45-19-8-9-20-46(45)50)51-23-11-10-21-47(51)48-22-12-24-52-53(48)49-34-29-38-15-4-7-18-44(38)54(49)56-52/h1-35H/i1D,2D,3D,13D,14D,25D,26D,27D,28D,30D,31D,32D,33D. The number of hydrogen-bond acceptors (Lipinski definition) is 2. The zero-order valence-electron chi connectivity index (χ0n) is 42.6. The number of fused-ring (bicyclic) bond motifs is 8. The molecule has 56 heavy (non-hydrogen) atoms. The van der Waals surface area contributed by atoms with Gasteiger partial charge >= 0.3 is 0 Å². The Hall–Kier alpha value is -7.42. The van der Waals surface area contributed by atoms with Crippen molar-refractivity contribution in [1.29, 1.82) is 0 Å². The molecule has 10 aromatic carbocycles. The van der Waals surface area contributed by atoms with E-state index in [2.05, 4.69) is 0 Å². The Morgan fingerprint density at radius 2 is 1.00 bits per heavy atom. The van der Waals surface area contributed by atoms with Crippen LogP contribution in [0.4, 0.5) is 17.1 Å². The van der Waals surface area contributed by atoms with Gasteiger partial charge in [-0.1, -0.05) is 164 Å². The van der Waals surface area contributed by atoms with E-state index in [1.54, 1.807) is 24.3 Å². The van der Waals surface area contributed by atoms with E-state index in [0.717, 1.165) is 32.3 Å². The molecule has 262 valence electrons. The Morgan fingerprint density at radius 1 is 0.393 bits per heavy atom. The Kier molecular flexibility index (Phi) is 5.04. The third kappa shape index (κ3) is 5.26. The molecule has 1 aromatic heterocycles. The van der Waals surface area contributed by atoms with Crippen LogP contribution in [0.25, 0.3) is 87.6 Å². The molecule has 0 saturated heterocycles. The highest BCUT2D eigenvalue weighted by Crippen LogP contribution is 2.46. The maximum Gasteiger partial charge on any atom is 0.143 e. The second kappa shape index (κ2) is 13.2. The smallest absolute Gasteiger partial charge is 0.143 e. The number of benzene rings is 10. The van der Waals surface area contributed by atoms with Crippen molar-refractivity contribution in [3.63, 3.8) is 0 Å². The summed E-state index contributed by atoms with van der Waals surface area (Å²) < 4.78 is 126. The SMILES string of the molecule is [2H]c1c([2H])c([2H])c(-c2c([2H])c([2H])c(N(c3ccccc3-c3cccc4oc5c6ccccc6ccc5c34)c3c([2H])c([2H])c(-c4cc5ccccc5c5ccccc45)c([2H])c3[2H])c([2H])c2[2H])c([2H])c1[2H]. The highest BCUT2D eigenvalue weighted by atomic mass is 16.3. The lowest BCUT2D eigenvalue weighted by molar-refractivity contribution is 0.673. The quantitative estimate of drug-likeness (QED) is 0.159. The van der Waals surface area contributed by atoms with Crippen LogP contribution >= 0.6 is 0 Å². The third-order valence-electron chi connectivity index (χ3n) is 10.3. The summed E-state index contributed by atoms with van der Waals surface area (Å²) in [6.45, 7) is 0. The summed E-state index contributed by atoms with van der Waals surface area (Å²) in [5, 5.41) is 6.65. The normalized spacial score (nSPS) is 14.8. The van der Waals surface area contributed by atoms with Crippen LogP contribution < -0.4 is 4.90 Å². The maximum absolute atomic E-state index is 9.87.